The zero-order valence-corrected chi connectivity index (χ0v) is 9.53. The normalized spacial score (nSPS) is 18.2. The first kappa shape index (κ1) is 12.8. The van der Waals surface area contributed by atoms with E-state index >= 15 is 0 Å². The van der Waals surface area contributed by atoms with Crippen LogP contribution in [0.1, 0.15) is 25.7 Å². The molecule has 1 saturated carbocycles. The van der Waals surface area contributed by atoms with Gasteiger partial charge in [0.15, 0.2) is 5.84 Å². The summed E-state index contributed by atoms with van der Waals surface area (Å²) in [5, 5.41) is 14.3. The van der Waals surface area contributed by atoms with E-state index in [2.05, 4.69) is 10.5 Å². The first-order valence-corrected chi connectivity index (χ1v) is 5.42. The van der Waals surface area contributed by atoms with Crippen LogP contribution in [0, 0.1) is 5.41 Å². The van der Waals surface area contributed by atoms with E-state index in [4.69, 9.17) is 15.7 Å². The molecule has 0 unspecified atom stereocenters. The molecule has 6 nitrogen and oxygen atoms in total. The van der Waals surface area contributed by atoms with Gasteiger partial charge >= 0.3 is 0 Å². The third-order valence-electron chi connectivity index (χ3n) is 2.84. The van der Waals surface area contributed by atoms with Crippen LogP contribution in [0.4, 0.5) is 0 Å². The number of nitrogens with one attached hydrogen (secondary N) is 1. The number of carbonyl (C=O) groups excluding carboxylic acids is 1. The summed E-state index contributed by atoms with van der Waals surface area (Å²) >= 11 is 0. The quantitative estimate of drug-likeness (QED) is 0.189. The monoisotopic (exact) mass is 229 g/mol. The van der Waals surface area contributed by atoms with Crippen LogP contribution in [0.3, 0.4) is 0 Å². The van der Waals surface area contributed by atoms with E-state index in [9.17, 15) is 4.79 Å². The Morgan fingerprint density at radius 1 is 1.56 bits per heavy atom. The van der Waals surface area contributed by atoms with Crippen molar-refractivity contribution in [2.75, 3.05) is 20.3 Å². The number of hydrogen-bond donors (Lipinski definition) is 3. The number of carbonyl (C=O) groups is 1. The highest BCUT2D eigenvalue weighted by atomic mass is 16.5. The minimum absolute atomic E-state index is 0.0156. The lowest BCUT2D eigenvalue weighted by atomic mass is 10.1. The molecule has 1 aliphatic carbocycles. The molecule has 1 fully saturated rings. The van der Waals surface area contributed by atoms with Gasteiger partial charge in [-0.15, -0.1) is 0 Å². The zero-order chi connectivity index (χ0) is 12.0. The van der Waals surface area contributed by atoms with Crippen LogP contribution in [0.2, 0.25) is 0 Å². The summed E-state index contributed by atoms with van der Waals surface area (Å²) in [6, 6.07) is 0. The summed E-state index contributed by atoms with van der Waals surface area (Å²) in [6.45, 7) is 1.30. The Hall–Kier alpha value is -1.30. The maximum absolute atomic E-state index is 11.7. The number of nitrogens with zero attached hydrogens (tertiary/aromatic N) is 1. The predicted molar refractivity (Wildman–Crippen MR) is 59.2 cm³/mol. The van der Waals surface area contributed by atoms with Gasteiger partial charge in [-0.3, -0.25) is 4.79 Å². The summed E-state index contributed by atoms with van der Waals surface area (Å²) < 4.78 is 4.90. The third-order valence-corrected chi connectivity index (χ3v) is 2.84. The van der Waals surface area contributed by atoms with Crippen molar-refractivity contribution < 1.29 is 14.7 Å². The van der Waals surface area contributed by atoms with E-state index in [1.165, 1.54) is 0 Å². The lowest BCUT2D eigenvalue weighted by Gasteiger charge is -2.13. The van der Waals surface area contributed by atoms with Gasteiger partial charge in [-0.25, -0.2) is 0 Å². The molecule has 4 N–H and O–H groups in total. The largest absolute Gasteiger partial charge is 0.409 e. The molecule has 16 heavy (non-hydrogen) atoms. The molecule has 1 rings (SSSR count). The molecule has 0 aromatic rings. The number of ether oxygens (including phenoxy) is 1. The number of amidine groups is 1. The smallest absolute Gasteiger partial charge is 0.233 e. The van der Waals surface area contributed by atoms with Crippen molar-refractivity contribution in [1.29, 1.82) is 0 Å². The highest BCUT2D eigenvalue weighted by Gasteiger charge is 2.53. The Morgan fingerprint density at radius 2 is 2.25 bits per heavy atom. The average Bonchev–Trinajstić information content (AvgIpc) is 3.08. The van der Waals surface area contributed by atoms with Gasteiger partial charge in [-0.1, -0.05) is 5.16 Å². The highest BCUT2D eigenvalue weighted by molar-refractivity contribution is 6.09. The number of nitrogens with two attached hydrogens (primary N) is 1. The Balaban J connectivity index is 2.25. The number of rotatable bonds is 7. The van der Waals surface area contributed by atoms with Gasteiger partial charge in [0.2, 0.25) is 5.91 Å². The lowest BCUT2D eigenvalue weighted by molar-refractivity contribution is -0.124. The van der Waals surface area contributed by atoms with Crippen LogP contribution >= 0.6 is 0 Å². The summed E-state index contributed by atoms with van der Waals surface area (Å²) in [7, 11) is 1.65. The van der Waals surface area contributed by atoms with Crippen molar-refractivity contribution in [2.45, 2.75) is 25.7 Å². The van der Waals surface area contributed by atoms with Crippen LogP contribution in [-0.4, -0.2) is 37.2 Å². The fourth-order valence-corrected chi connectivity index (χ4v) is 1.56. The van der Waals surface area contributed by atoms with Crippen LogP contribution < -0.4 is 11.1 Å². The van der Waals surface area contributed by atoms with Gasteiger partial charge in [0.05, 0.1) is 0 Å². The summed E-state index contributed by atoms with van der Waals surface area (Å²) in [6.07, 6.45) is 3.10. The standard InChI is InChI=1S/C10H19N3O3/c1-16-7-3-2-6-12-9(14)10(4-5-10)8(11)13-15/h15H,2-7H2,1H3,(H2,11,13)(H,12,14). The molecular formula is C10H19N3O3. The Labute approximate surface area is 94.8 Å². The Kier molecular flexibility index (Phi) is 4.54. The molecular weight excluding hydrogens is 210 g/mol. The molecule has 6 heteroatoms. The van der Waals surface area contributed by atoms with E-state index in [1.54, 1.807) is 7.11 Å². The first-order valence-electron chi connectivity index (χ1n) is 5.42. The molecule has 0 heterocycles. The molecule has 0 aromatic heterocycles. The molecule has 1 aliphatic rings. The highest BCUT2D eigenvalue weighted by Crippen LogP contribution is 2.45. The summed E-state index contributed by atoms with van der Waals surface area (Å²) in [5.41, 5.74) is 4.75. The third kappa shape index (κ3) is 2.85. The van der Waals surface area contributed by atoms with E-state index in [0.717, 1.165) is 12.8 Å². The maximum Gasteiger partial charge on any atom is 0.233 e. The lowest BCUT2D eigenvalue weighted by Crippen LogP contribution is -2.41. The van der Waals surface area contributed by atoms with Crippen molar-refractivity contribution >= 4 is 11.7 Å². The van der Waals surface area contributed by atoms with E-state index in [1.807, 2.05) is 0 Å². The summed E-state index contributed by atoms with van der Waals surface area (Å²) in [4.78, 5) is 11.7. The SMILES string of the molecule is COCCCCNC(=O)C1(C(N)=NO)CC1. The van der Waals surface area contributed by atoms with Gasteiger partial charge in [-0.05, 0) is 25.7 Å². The number of oxime groups is 1. The molecule has 0 bridgehead atoms. The number of unbranched alkanes of at least 4 members (excludes halogenated alkanes) is 1. The molecule has 0 spiro atoms. The topological polar surface area (TPSA) is 96.9 Å². The van der Waals surface area contributed by atoms with Gasteiger partial charge in [0.1, 0.15) is 5.41 Å². The van der Waals surface area contributed by atoms with Gasteiger partial charge in [-0.2, -0.15) is 0 Å². The molecule has 0 aliphatic heterocycles. The summed E-state index contributed by atoms with van der Waals surface area (Å²) in [5.74, 6) is -0.123. The number of amides is 1. The molecule has 92 valence electrons. The minimum atomic E-state index is -0.740. The maximum atomic E-state index is 11.7. The first-order chi connectivity index (χ1) is 7.67. The molecule has 0 aromatic carbocycles. The van der Waals surface area contributed by atoms with Gasteiger partial charge in [0.25, 0.3) is 0 Å². The van der Waals surface area contributed by atoms with Crippen LogP contribution in [-0.2, 0) is 9.53 Å². The second-order valence-corrected chi connectivity index (χ2v) is 4.02. The molecule has 0 atom stereocenters. The van der Waals surface area contributed by atoms with Crippen molar-refractivity contribution in [2.24, 2.45) is 16.3 Å². The molecule has 0 saturated heterocycles. The van der Waals surface area contributed by atoms with E-state index in [0.29, 0.717) is 26.0 Å². The Bertz CT molecular complexity index is 274. The number of methoxy groups -OCH3 is 1. The van der Waals surface area contributed by atoms with Crippen molar-refractivity contribution in [3.8, 4) is 0 Å². The van der Waals surface area contributed by atoms with Crippen molar-refractivity contribution in [3.63, 3.8) is 0 Å². The van der Waals surface area contributed by atoms with Crippen LogP contribution in [0.5, 0.6) is 0 Å². The fourth-order valence-electron chi connectivity index (χ4n) is 1.56. The fraction of sp³-hybridized carbons (Fsp3) is 0.800. The zero-order valence-electron chi connectivity index (χ0n) is 9.53. The van der Waals surface area contributed by atoms with E-state index in [-0.39, 0.29) is 11.7 Å². The average molecular weight is 229 g/mol. The van der Waals surface area contributed by atoms with Crippen LogP contribution in [0.15, 0.2) is 5.16 Å². The van der Waals surface area contributed by atoms with Crippen molar-refractivity contribution in [3.05, 3.63) is 0 Å². The molecule has 1 amide bonds. The second kappa shape index (κ2) is 5.69. The number of hydrogen-bond acceptors (Lipinski definition) is 4. The van der Waals surface area contributed by atoms with Gasteiger partial charge < -0.3 is 21.0 Å². The Morgan fingerprint density at radius 3 is 2.75 bits per heavy atom. The molecule has 0 radical (unpaired) electrons. The van der Waals surface area contributed by atoms with Crippen molar-refractivity contribution in [1.82, 2.24) is 5.32 Å². The minimum Gasteiger partial charge on any atom is -0.409 e. The van der Waals surface area contributed by atoms with E-state index < -0.39 is 5.41 Å². The second-order valence-electron chi connectivity index (χ2n) is 4.02. The van der Waals surface area contributed by atoms with Crippen LogP contribution in [0.25, 0.3) is 0 Å². The predicted octanol–water partition coefficient (Wildman–Crippen LogP) is 0.0558. The van der Waals surface area contributed by atoms with Gasteiger partial charge in [0, 0.05) is 20.3 Å².